The van der Waals surface area contributed by atoms with Gasteiger partial charge in [-0.25, -0.2) is 4.98 Å². The third-order valence-corrected chi connectivity index (χ3v) is 6.18. The lowest BCUT2D eigenvalue weighted by atomic mass is 9.86. The van der Waals surface area contributed by atoms with Crippen molar-refractivity contribution >= 4 is 40.9 Å². The minimum atomic E-state index is -0.222. The highest BCUT2D eigenvalue weighted by atomic mass is 35.5. The predicted molar refractivity (Wildman–Crippen MR) is 115 cm³/mol. The molecular weight excluding hydrogens is 403 g/mol. The smallest absolute Gasteiger partial charge is 0.254 e. The summed E-state index contributed by atoms with van der Waals surface area (Å²) in [7, 11) is 0. The van der Waals surface area contributed by atoms with Crippen molar-refractivity contribution in [2.24, 2.45) is 11.7 Å². The average Bonchev–Trinajstić information content (AvgIpc) is 2.63. The SMILES string of the molecule is C=C(NC[C@H]1CC[C@H](NC(=O)c2cc(Cl)cnc2Cl)CC1)S/C(C)=C(/C)N. The fourth-order valence-electron chi connectivity index (χ4n) is 2.92. The highest BCUT2D eigenvalue weighted by molar-refractivity contribution is 8.06. The Kier molecular flexibility index (Phi) is 8.32. The van der Waals surface area contributed by atoms with Crippen molar-refractivity contribution < 1.29 is 4.79 Å². The number of pyridine rings is 1. The maximum atomic E-state index is 12.4. The van der Waals surface area contributed by atoms with Crippen LogP contribution in [-0.2, 0) is 0 Å². The number of nitrogens with two attached hydrogens (primary N) is 1. The van der Waals surface area contributed by atoms with E-state index in [-0.39, 0.29) is 17.1 Å². The number of nitrogens with one attached hydrogen (secondary N) is 2. The number of halogens is 2. The molecule has 0 spiro atoms. The monoisotopic (exact) mass is 428 g/mol. The fourth-order valence-corrected chi connectivity index (χ4v) is 3.95. The molecule has 0 unspecified atom stereocenters. The topological polar surface area (TPSA) is 80.0 Å². The Labute approximate surface area is 175 Å². The van der Waals surface area contributed by atoms with Gasteiger partial charge in [0.25, 0.3) is 5.91 Å². The van der Waals surface area contributed by atoms with Crippen molar-refractivity contribution in [2.75, 3.05) is 6.54 Å². The highest BCUT2D eigenvalue weighted by Gasteiger charge is 2.24. The van der Waals surface area contributed by atoms with Gasteiger partial charge in [0.1, 0.15) is 5.15 Å². The normalized spacial score (nSPS) is 20.6. The Morgan fingerprint density at radius 1 is 1.33 bits per heavy atom. The standard InChI is InChI=1S/C19H26Cl2N4OS/c1-11(22)12(2)27-13(3)23-9-14-4-6-16(7-5-14)25-19(26)17-8-15(20)10-24-18(17)21/h8,10,14,16,23H,3-7,9,22H2,1-2H3,(H,25,26)/b12-11-/t14-,16-. The summed E-state index contributed by atoms with van der Waals surface area (Å²) < 4.78 is 0. The largest absolute Gasteiger partial charge is 0.402 e. The maximum Gasteiger partial charge on any atom is 0.254 e. The van der Waals surface area contributed by atoms with Crippen LogP contribution in [0.4, 0.5) is 0 Å². The molecule has 0 radical (unpaired) electrons. The van der Waals surface area contributed by atoms with Crippen molar-refractivity contribution in [3.63, 3.8) is 0 Å². The minimum absolute atomic E-state index is 0.145. The Morgan fingerprint density at radius 3 is 2.63 bits per heavy atom. The molecule has 2 rings (SSSR count). The third kappa shape index (κ3) is 6.94. The summed E-state index contributed by atoms with van der Waals surface area (Å²) >= 11 is 13.5. The Balaban J connectivity index is 1.75. The Bertz CT molecular complexity index is 726. The molecule has 1 aliphatic carbocycles. The number of amides is 1. The molecule has 1 saturated carbocycles. The number of nitrogens with zero attached hydrogens (tertiary/aromatic N) is 1. The quantitative estimate of drug-likeness (QED) is 0.549. The first-order chi connectivity index (χ1) is 12.8. The number of hydrogen-bond acceptors (Lipinski definition) is 5. The Morgan fingerprint density at radius 2 is 2.00 bits per heavy atom. The second-order valence-electron chi connectivity index (χ2n) is 6.83. The molecule has 1 fully saturated rings. The summed E-state index contributed by atoms with van der Waals surface area (Å²) in [6.07, 6.45) is 5.38. The zero-order valence-corrected chi connectivity index (χ0v) is 18.0. The Hall–Kier alpha value is -1.37. The number of carbonyl (C=O) groups is 1. The van der Waals surface area contributed by atoms with Crippen LogP contribution in [0.25, 0.3) is 0 Å². The zero-order valence-electron chi connectivity index (χ0n) is 15.6. The number of thioether (sulfide) groups is 1. The molecule has 1 heterocycles. The van der Waals surface area contributed by atoms with Gasteiger partial charge in [-0.3, -0.25) is 4.79 Å². The molecule has 5 nitrogen and oxygen atoms in total. The molecule has 4 N–H and O–H groups in total. The maximum absolute atomic E-state index is 12.4. The number of hydrogen-bond donors (Lipinski definition) is 3. The van der Waals surface area contributed by atoms with Crippen LogP contribution < -0.4 is 16.4 Å². The number of carbonyl (C=O) groups excluding carboxylic acids is 1. The van der Waals surface area contributed by atoms with E-state index in [1.807, 2.05) is 13.8 Å². The number of allylic oxidation sites excluding steroid dienone is 2. The van der Waals surface area contributed by atoms with Crippen molar-refractivity contribution in [3.05, 3.63) is 50.2 Å². The van der Waals surface area contributed by atoms with Gasteiger partial charge in [-0.05, 0) is 51.5 Å². The molecule has 1 aliphatic rings. The summed E-state index contributed by atoms with van der Waals surface area (Å²) in [6, 6.07) is 1.69. The van der Waals surface area contributed by atoms with Gasteiger partial charge in [0, 0.05) is 29.4 Å². The molecule has 1 aromatic heterocycles. The van der Waals surface area contributed by atoms with Gasteiger partial charge < -0.3 is 16.4 Å². The van der Waals surface area contributed by atoms with E-state index < -0.39 is 0 Å². The first-order valence-electron chi connectivity index (χ1n) is 8.91. The molecule has 0 saturated heterocycles. The molecule has 148 valence electrons. The van der Waals surface area contributed by atoms with Crippen LogP contribution >= 0.6 is 35.0 Å². The van der Waals surface area contributed by atoms with Crippen LogP contribution in [0.5, 0.6) is 0 Å². The summed E-state index contributed by atoms with van der Waals surface area (Å²) in [5, 5.41) is 7.91. The molecular formula is C19H26Cl2N4OS. The van der Waals surface area contributed by atoms with E-state index in [4.69, 9.17) is 28.9 Å². The van der Waals surface area contributed by atoms with Crippen LogP contribution in [0, 0.1) is 5.92 Å². The molecule has 0 aliphatic heterocycles. The summed E-state index contributed by atoms with van der Waals surface area (Å²) in [5.74, 6) is 0.343. The van der Waals surface area contributed by atoms with Gasteiger partial charge in [0.05, 0.1) is 15.6 Å². The van der Waals surface area contributed by atoms with Crippen molar-refractivity contribution in [1.82, 2.24) is 15.6 Å². The van der Waals surface area contributed by atoms with E-state index in [0.717, 1.165) is 47.9 Å². The van der Waals surface area contributed by atoms with E-state index in [1.165, 1.54) is 6.20 Å². The second-order valence-corrected chi connectivity index (χ2v) is 8.93. The predicted octanol–water partition coefficient (Wildman–Crippen LogP) is 4.68. The lowest BCUT2D eigenvalue weighted by Gasteiger charge is -2.29. The lowest BCUT2D eigenvalue weighted by Crippen LogP contribution is -2.39. The van der Waals surface area contributed by atoms with Crippen LogP contribution in [0.3, 0.4) is 0 Å². The highest BCUT2D eigenvalue weighted by Crippen LogP contribution is 2.27. The molecule has 0 atom stereocenters. The van der Waals surface area contributed by atoms with Gasteiger partial charge in [0.15, 0.2) is 0 Å². The van der Waals surface area contributed by atoms with E-state index >= 15 is 0 Å². The summed E-state index contributed by atoms with van der Waals surface area (Å²) in [4.78, 5) is 17.4. The van der Waals surface area contributed by atoms with Crippen LogP contribution in [0.15, 0.2) is 34.5 Å². The first-order valence-corrected chi connectivity index (χ1v) is 10.5. The molecule has 1 amide bonds. The lowest BCUT2D eigenvalue weighted by molar-refractivity contribution is 0.0922. The summed E-state index contributed by atoms with van der Waals surface area (Å²) in [6.45, 7) is 8.80. The molecule has 0 aromatic carbocycles. The van der Waals surface area contributed by atoms with E-state index in [9.17, 15) is 4.79 Å². The van der Waals surface area contributed by atoms with Crippen molar-refractivity contribution in [3.8, 4) is 0 Å². The molecule has 1 aromatic rings. The minimum Gasteiger partial charge on any atom is -0.402 e. The van der Waals surface area contributed by atoms with Crippen LogP contribution in [0.1, 0.15) is 49.9 Å². The molecule has 8 heteroatoms. The van der Waals surface area contributed by atoms with Gasteiger partial charge in [0.2, 0.25) is 0 Å². The van der Waals surface area contributed by atoms with E-state index in [0.29, 0.717) is 16.5 Å². The fraction of sp³-hybridized carbons (Fsp3) is 0.474. The molecule has 0 bridgehead atoms. The number of aromatic nitrogens is 1. The number of rotatable bonds is 7. The molecule has 27 heavy (non-hydrogen) atoms. The second kappa shape index (κ2) is 10.2. The summed E-state index contributed by atoms with van der Waals surface area (Å²) in [5.41, 5.74) is 6.91. The van der Waals surface area contributed by atoms with Gasteiger partial charge in [-0.1, -0.05) is 41.5 Å². The third-order valence-electron chi connectivity index (χ3n) is 4.65. The van der Waals surface area contributed by atoms with Crippen molar-refractivity contribution in [1.29, 1.82) is 0 Å². The van der Waals surface area contributed by atoms with Crippen molar-refractivity contribution in [2.45, 2.75) is 45.6 Å². The van der Waals surface area contributed by atoms with Gasteiger partial charge in [-0.15, -0.1) is 0 Å². The van der Waals surface area contributed by atoms with Gasteiger partial charge in [-0.2, -0.15) is 0 Å². The van der Waals surface area contributed by atoms with Crippen LogP contribution in [0.2, 0.25) is 10.2 Å². The van der Waals surface area contributed by atoms with E-state index in [2.05, 4.69) is 22.2 Å². The zero-order chi connectivity index (χ0) is 20.0. The van der Waals surface area contributed by atoms with E-state index in [1.54, 1.807) is 17.8 Å². The van der Waals surface area contributed by atoms with Gasteiger partial charge >= 0.3 is 0 Å². The van der Waals surface area contributed by atoms with Crippen LogP contribution in [-0.4, -0.2) is 23.5 Å². The first kappa shape index (κ1) is 21.9. The average molecular weight is 429 g/mol.